The zero-order valence-corrected chi connectivity index (χ0v) is 16.4. The van der Waals surface area contributed by atoms with Gasteiger partial charge in [0, 0.05) is 12.1 Å². The maximum atomic E-state index is 11.7. The van der Waals surface area contributed by atoms with E-state index in [0.29, 0.717) is 18.5 Å². The fourth-order valence-electron chi connectivity index (χ4n) is 1.84. The van der Waals surface area contributed by atoms with Crippen molar-refractivity contribution in [1.82, 2.24) is 5.32 Å². The normalized spacial score (nSPS) is 14.2. The molecule has 1 atom stereocenters. The van der Waals surface area contributed by atoms with E-state index in [4.69, 9.17) is 9.05 Å². The number of unbranched alkanes of at least 4 members (excludes halogenated alkanes) is 3. The first-order valence-corrected chi connectivity index (χ1v) is 9.89. The molecule has 2 N–H and O–H groups in total. The Balaban J connectivity index is 3.59. The van der Waals surface area contributed by atoms with Crippen molar-refractivity contribution in [1.29, 1.82) is 0 Å². The van der Waals surface area contributed by atoms with E-state index in [0.717, 1.165) is 36.7 Å². The summed E-state index contributed by atoms with van der Waals surface area (Å²) in [5.74, 6) is -0.148. The number of phosphoric acid groups is 1. The zero-order valence-electron chi connectivity index (χ0n) is 15.5. The molecule has 1 amide bonds. The molecule has 0 aliphatic carbocycles. The third-order valence-corrected chi connectivity index (χ3v) is 4.24. The highest BCUT2D eigenvalue weighted by Gasteiger charge is 2.20. The second kappa shape index (κ2) is 11.8. The number of hydrogen-bond acceptors (Lipinski definition) is 4. The average molecular weight is 365 g/mol. The van der Waals surface area contributed by atoms with Gasteiger partial charge in [-0.3, -0.25) is 13.8 Å². The van der Waals surface area contributed by atoms with Gasteiger partial charge in [0.15, 0.2) is 0 Å². The maximum absolute atomic E-state index is 11.7. The predicted molar refractivity (Wildman–Crippen MR) is 95.5 cm³/mol. The summed E-state index contributed by atoms with van der Waals surface area (Å²) in [6.45, 7) is 7.15. The third kappa shape index (κ3) is 14.8. The molecule has 0 saturated heterocycles. The Morgan fingerprint density at radius 2 is 1.62 bits per heavy atom. The van der Waals surface area contributed by atoms with E-state index < -0.39 is 7.82 Å². The van der Waals surface area contributed by atoms with Crippen LogP contribution in [0.3, 0.4) is 0 Å². The van der Waals surface area contributed by atoms with Crippen molar-refractivity contribution in [3.63, 3.8) is 0 Å². The first-order valence-electron chi connectivity index (χ1n) is 8.39. The summed E-state index contributed by atoms with van der Waals surface area (Å²) in [5.41, 5.74) is 0.484. The van der Waals surface area contributed by atoms with Crippen LogP contribution < -0.4 is 5.32 Å². The maximum Gasteiger partial charge on any atom is 0.472 e. The lowest BCUT2D eigenvalue weighted by atomic mass is 10.2. The van der Waals surface area contributed by atoms with Crippen LogP contribution >= 0.6 is 7.82 Å². The van der Waals surface area contributed by atoms with Crippen LogP contribution in [-0.4, -0.2) is 62.7 Å². The van der Waals surface area contributed by atoms with Crippen LogP contribution in [0.1, 0.15) is 39.0 Å². The lowest BCUT2D eigenvalue weighted by Gasteiger charge is -2.23. The van der Waals surface area contributed by atoms with Gasteiger partial charge in [0.05, 0.1) is 40.9 Å². The highest BCUT2D eigenvalue weighted by molar-refractivity contribution is 7.47. The monoisotopic (exact) mass is 365 g/mol. The van der Waals surface area contributed by atoms with E-state index >= 15 is 0 Å². The van der Waals surface area contributed by atoms with E-state index in [-0.39, 0.29) is 19.1 Å². The van der Waals surface area contributed by atoms with Gasteiger partial charge in [-0.1, -0.05) is 6.58 Å². The smallest absolute Gasteiger partial charge is 0.352 e. The Morgan fingerprint density at radius 3 is 2.12 bits per heavy atom. The number of amides is 1. The zero-order chi connectivity index (χ0) is 18.6. The Bertz CT molecular complexity index is 435. The summed E-state index contributed by atoms with van der Waals surface area (Å²) in [4.78, 5) is 20.8. The van der Waals surface area contributed by atoms with E-state index in [2.05, 4.69) is 33.0 Å². The van der Waals surface area contributed by atoms with Gasteiger partial charge in [-0.15, -0.1) is 0 Å². The molecule has 0 bridgehead atoms. The van der Waals surface area contributed by atoms with Gasteiger partial charge >= 0.3 is 7.82 Å². The van der Waals surface area contributed by atoms with Crippen LogP contribution in [0.2, 0.25) is 0 Å². The van der Waals surface area contributed by atoms with Crippen LogP contribution in [0.5, 0.6) is 0 Å². The molecular weight excluding hydrogens is 331 g/mol. The molecule has 24 heavy (non-hydrogen) atoms. The molecule has 0 saturated carbocycles. The molecule has 0 radical (unpaired) electrons. The number of carbonyl (C=O) groups excluding carboxylic acids is 1. The number of phosphoric ester groups is 1. The standard InChI is InChI=1S/C16H33N2O5P/c1-15(2)16(19)17-11-7-6-9-13-22-24(20,21)23-14-10-8-12-18(3,4)5/h1,6-14H2,2-5H3,(H-,17,19,20,21)/p+1. The quantitative estimate of drug-likeness (QED) is 0.214. The first kappa shape index (κ1) is 23.3. The molecular formula is C16H34N2O5P+. The van der Waals surface area contributed by atoms with Gasteiger partial charge in [-0.2, -0.15) is 0 Å². The minimum absolute atomic E-state index is 0.148. The van der Waals surface area contributed by atoms with Gasteiger partial charge in [-0.25, -0.2) is 4.57 Å². The second-order valence-corrected chi connectivity index (χ2v) is 8.41. The number of quaternary nitrogens is 1. The molecule has 0 aliphatic heterocycles. The van der Waals surface area contributed by atoms with Crippen molar-refractivity contribution in [2.75, 3.05) is 47.4 Å². The van der Waals surface area contributed by atoms with Crippen molar-refractivity contribution in [3.8, 4) is 0 Å². The minimum Gasteiger partial charge on any atom is -0.352 e. The molecule has 0 fully saturated rings. The van der Waals surface area contributed by atoms with E-state index in [1.54, 1.807) is 6.92 Å². The number of nitrogens with zero attached hydrogens (tertiary/aromatic N) is 1. The minimum atomic E-state index is -3.94. The van der Waals surface area contributed by atoms with Gasteiger partial charge in [-0.05, 0) is 39.0 Å². The largest absolute Gasteiger partial charge is 0.472 e. The molecule has 0 aromatic heterocycles. The molecule has 1 unspecified atom stereocenters. The summed E-state index contributed by atoms with van der Waals surface area (Å²) < 4.78 is 22.4. The molecule has 0 spiro atoms. The topological polar surface area (TPSA) is 84.9 Å². The molecule has 0 rings (SSSR count). The van der Waals surface area contributed by atoms with Crippen molar-refractivity contribution in [3.05, 3.63) is 12.2 Å². The molecule has 0 heterocycles. The Kier molecular flexibility index (Phi) is 11.4. The number of nitrogens with one attached hydrogen (secondary N) is 1. The number of carbonyl (C=O) groups is 1. The van der Waals surface area contributed by atoms with Crippen molar-refractivity contribution in [2.24, 2.45) is 0 Å². The molecule has 0 aromatic carbocycles. The van der Waals surface area contributed by atoms with Crippen molar-refractivity contribution in [2.45, 2.75) is 39.0 Å². The summed E-state index contributed by atoms with van der Waals surface area (Å²) >= 11 is 0. The summed E-state index contributed by atoms with van der Waals surface area (Å²) in [6.07, 6.45) is 3.87. The number of hydrogen-bond donors (Lipinski definition) is 2. The van der Waals surface area contributed by atoms with Crippen molar-refractivity contribution < 1.29 is 27.8 Å². The molecule has 142 valence electrons. The summed E-state index contributed by atoms with van der Waals surface area (Å²) in [5, 5.41) is 2.73. The lowest BCUT2D eigenvalue weighted by Crippen LogP contribution is -2.35. The fraction of sp³-hybridized carbons (Fsp3) is 0.812. The van der Waals surface area contributed by atoms with E-state index in [1.165, 1.54) is 0 Å². The van der Waals surface area contributed by atoms with Crippen molar-refractivity contribution >= 4 is 13.7 Å². The highest BCUT2D eigenvalue weighted by Crippen LogP contribution is 2.43. The van der Waals surface area contributed by atoms with Crippen LogP contribution in [0, 0.1) is 0 Å². The van der Waals surface area contributed by atoms with Crippen LogP contribution in [-0.2, 0) is 18.4 Å². The Hall–Kier alpha value is -0.720. The summed E-state index contributed by atoms with van der Waals surface area (Å²) in [6, 6.07) is 0. The molecule has 0 aliphatic rings. The molecule has 0 aromatic rings. The Morgan fingerprint density at radius 1 is 1.08 bits per heavy atom. The van der Waals surface area contributed by atoms with Gasteiger partial charge in [0.1, 0.15) is 0 Å². The van der Waals surface area contributed by atoms with Crippen LogP contribution in [0.4, 0.5) is 0 Å². The SMILES string of the molecule is C=C(C)C(=O)NCCCCCOP(=O)(O)OCCCC[N+](C)(C)C. The summed E-state index contributed by atoms with van der Waals surface area (Å²) in [7, 11) is 2.36. The van der Waals surface area contributed by atoms with E-state index in [1.807, 2.05) is 0 Å². The Labute approximate surface area is 146 Å². The second-order valence-electron chi connectivity index (χ2n) is 6.95. The first-order chi connectivity index (χ1) is 11.0. The highest BCUT2D eigenvalue weighted by atomic mass is 31.2. The lowest BCUT2D eigenvalue weighted by molar-refractivity contribution is -0.870. The molecule has 8 heteroatoms. The molecule has 7 nitrogen and oxygen atoms in total. The van der Waals surface area contributed by atoms with Gasteiger partial charge in [0.2, 0.25) is 5.91 Å². The predicted octanol–water partition coefficient (Wildman–Crippen LogP) is 2.47. The van der Waals surface area contributed by atoms with Crippen LogP contribution in [0.15, 0.2) is 12.2 Å². The van der Waals surface area contributed by atoms with Crippen LogP contribution in [0.25, 0.3) is 0 Å². The third-order valence-electron chi connectivity index (χ3n) is 3.23. The van der Waals surface area contributed by atoms with Gasteiger partial charge < -0.3 is 14.7 Å². The van der Waals surface area contributed by atoms with E-state index in [9.17, 15) is 14.3 Å². The number of rotatable bonds is 14. The van der Waals surface area contributed by atoms with Gasteiger partial charge in [0.25, 0.3) is 0 Å². The fourth-order valence-corrected chi connectivity index (χ4v) is 2.64. The average Bonchev–Trinajstić information content (AvgIpc) is 2.44.